The molecule has 5 nitrogen and oxygen atoms in total. The molecule has 1 N–H and O–H groups in total. The summed E-state index contributed by atoms with van der Waals surface area (Å²) in [6, 6.07) is 2.73. The van der Waals surface area contributed by atoms with Gasteiger partial charge in [0.2, 0.25) is 0 Å². The van der Waals surface area contributed by atoms with Gasteiger partial charge in [0.25, 0.3) is 0 Å². The van der Waals surface area contributed by atoms with E-state index in [4.69, 9.17) is 5.10 Å². The molecular formula is C19H23N5S. The van der Waals surface area contributed by atoms with Gasteiger partial charge in [0.05, 0.1) is 23.7 Å². The molecule has 3 heterocycles. The second-order valence-corrected chi connectivity index (χ2v) is 8.28. The first-order chi connectivity index (χ1) is 12.4. The molecule has 0 unspecified atom stereocenters. The Morgan fingerprint density at radius 2 is 2.00 bits per heavy atom. The Kier molecular flexibility index (Phi) is 3.93. The minimum atomic E-state index is 0.600. The van der Waals surface area contributed by atoms with Gasteiger partial charge in [-0.3, -0.25) is 4.68 Å². The number of thiophene rings is 1. The molecule has 0 aliphatic heterocycles. The molecule has 3 aromatic heterocycles. The number of fused-ring (bicyclic) bond motifs is 3. The van der Waals surface area contributed by atoms with E-state index in [1.54, 1.807) is 6.33 Å². The minimum absolute atomic E-state index is 0.600. The van der Waals surface area contributed by atoms with Crippen LogP contribution in [0.15, 0.2) is 18.6 Å². The molecule has 3 aromatic rings. The van der Waals surface area contributed by atoms with Crippen molar-refractivity contribution >= 4 is 27.4 Å². The highest BCUT2D eigenvalue weighted by atomic mass is 32.1. The normalized spacial score (nSPS) is 17.9. The van der Waals surface area contributed by atoms with Crippen LogP contribution in [-0.2, 0) is 19.4 Å². The molecule has 6 heteroatoms. The molecule has 0 saturated heterocycles. The second-order valence-electron chi connectivity index (χ2n) is 7.19. The molecule has 0 bridgehead atoms. The van der Waals surface area contributed by atoms with Crippen molar-refractivity contribution in [3.05, 3.63) is 34.7 Å². The number of hydrogen-bond donors (Lipinski definition) is 1. The summed E-state index contributed by atoms with van der Waals surface area (Å²) in [5.74, 6) is 0.972. The first-order valence-corrected chi connectivity index (χ1v) is 10.2. The standard InChI is InChI=1S/C19H23N5S/c1-2-6-14(5-1)24-10-9-13(23-24)11-20-18-17-15-7-3-4-8-16(15)25-19(17)22-12-21-18/h9-10,12,14H,1-8,11H2,(H,20,21,22). The highest BCUT2D eigenvalue weighted by Gasteiger charge is 2.20. The van der Waals surface area contributed by atoms with Crippen LogP contribution in [0.3, 0.4) is 0 Å². The summed E-state index contributed by atoms with van der Waals surface area (Å²) in [5, 5.41) is 9.55. The number of hydrogen-bond acceptors (Lipinski definition) is 5. The molecule has 1 fully saturated rings. The summed E-state index contributed by atoms with van der Waals surface area (Å²) >= 11 is 1.85. The Hall–Kier alpha value is -1.95. The average molecular weight is 353 g/mol. The number of anilines is 1. The summed E-state index contributed by atoms with van der Waals surface area (Å²) in [6.45, 7) is 0.719. The van der Waals surface area contributed by atoms with Gasteiger partial charge in [0.15, 0.2) is 0 Å². The number of aromatic nitrogens is 4. The molecule has 0 amide bonds. The van der Waals surface area contributed by atoms with E-state index >= 15 is 0 Å². The van der Waals surface area contributed by atoms with E-state index in [1.807, 2.05) is 11.3 Å². The van der Waals surface area contributed by atoms with Crippen LogP contribution < -0.4 is 5.32 Å². The summed E-state index contributed by atoms with van der Waals surface area (Å²) in [6.07, 6.45) is 14.0. The van der Waals surface area contributed by atoms with Crippen molar-refractivity contribution in [2.45, 2.75) is 64.0 Å². The van der Waals surface area contributed by atoms with Crippen LogP contribution in [0.5, 0.6) is 0 Å². The molecule has 2 aliphatic carbocycles. The Labute approximate surface area is 151 Å². The first kappa shape index (κ1) is 15.3. The smallest absolute Gasteiger partial charge is 0.138 e. The van der Waals surface area contributed by atoms with Crippen molar-refractivity contribution in [2.24, 2.45) is 0 Å². The van der Waals surface area contributed by atoms with Gasteiger partial charge < -0.3 is 5.32 Å². The van der Waals surface area contributed by atoms with Crippen LogP contribution in [0.25, 0.3) is 10.2 Å². The number of nitrogens with one attached hydrogen (secondary N) is 1. The van der Waals surface area contributed by atoms with Crippen LogP contribution >= 0.6 is 11.3 Å². The summed E-state index contributed by atoms with van der Waals surface area (Å²) < 4.78 is 2.16. The van der Waals surface area contributed by atoms with E-state index in [1.165, 1.54) is 60.8 Å². The van der Waals surface area contributed by atoms with E-state index in [0.29, 0.717) is 6.04 Å². The highest BCUT2D eigenvalue weighted by Crippen LogP contribution is 2.38. The van der Waals surface area contributed by atoms with Crippen LogP contribution in [0.4, 0.5) is 5.82 Å². The lowest BCUT2D eigenvalue weighted by atomic mass is 9.97. The van der Waals surface area contributed by atoms with Gasteiger partial charge >= 0.3 is 0 Å². The zero-order valence-electron chi connectivity index (χ0n) is 14.4. The van der Waals surface area contributed by atoms with Crippen molar-refractivity contribution in [3.8, 4) is 0 Å². The number of nitrogens with zero attached hydrogens (tertiary/aromatic N) is 4. The summed E-state index contributed by atoms with van der Waals surface area (Å²) in [7, 11) is 0. The van der Waals surface area contributed by atoms with Crippen molar-refractivity contribution in [3.63, 3.8) is 0 Å². The Morgan fingerprint density at radius 3 is 2.92 bits per heavy atom. The molecule has 130 valence electrons. The second kappa shape index (κ2) is 6.41. The molecule has 25 heavy (non-hydrogen) atoms. The third kappa shape index (κ3) is 2.82. The fourth-order valence-electron chi connectivity index (χ4n) is 4.24. The maximum absolute atomic E-state index is 4.78. The number of rotatable bonds is 4. The van der Waals surface area contributed by atoms with Gasteiger partial charge in [-0.2, -0.15) is 5.10 Å². The lowest BCUT2D eigenvalue weighted by molar-refractivity contribution is 0.463. The van der Waals surface area contributed by atoms with Crippen LogP contribution in [-0.4, -0.2) is 19.7 Å². The van der Waals surface area contributed by atoms with E-state index in [9.17, 15) is 0 Å². The molecule has 2 aliphatic rings. The predicted octanol–water partition coefficient (Wildman–Crippen LogP) is 4.49. The van der Waals surface area contributed by atoms with Crippen molar-refractivity contribution < 1.29 is 0 Å². The van der Waals surface area contributed by atoms with E-state index in [2.05, 4.69) is 32.2 Å². The minimum Gasteiger partial charge on any atom is -0.364 e. The zero-order chi connectivity index (χ0) is 16.6. The Bertz CT molecular complexity index is 890. The van der Waals surface area contributed by atoms with Gasteiger partial charge in [0, 0.05) is 11.1 Å². The summed E-state index contributed by atoms with van der Waals surface area (Å²) in [4.78, 5) is 11.7. The molecule has 0 spiro atoms. The van der Waals surface area contributed by atoms with Gasteiger partial charge in [-0.05, 0) is 50.2 Å². The van der Waals surface area contributed by atoms with E-state index < -0.39 is 0 Å². The summed E-state index contributed by atoms with van der Waals surface area (Å²) in [5.41, 5.74) is 2.56. The topological polar surface area (TPSA) is 55.6 Å². The SMILES string of the molecule is c1nc(NCc2ccn(C3CCCC3)n2)c2c3c(sc2n1)CCCC3. The predicted molar refractivity (Wildman–Crippen MR) is 101 cm³/mol. The third-order valence-corrected chi connectivity index (χ3v) is 6.75. The van der Waals surface area contributed by atoms with E-state index in [0.717, 1.165) is 29.3 Å². The fraction of sp³-hybridized carbons (Fsp3) is 0.526. The third-order valence-electron chi connectivity index (χ3n) is 5.55. The Morgan fingerprint density at radius 1 is 1.12 bits per heavy atom. The highest BCUT2D eigenvalue weighted by molar-refractivity contribution is 7.19. The lowest BCUT2D eigenvalue weighted by Crippen LogP contribution is -2.08. The Balaban J connectivity index is 1.38. The van der Waals surface area contributed by atoms with Crippen molar-refractivity contribution in [1.82, 2.24) is 19.7 Å². The van der Waals surface area contributed by atoms with Crippen molar-refractivity contribution in [1.29, 1.82) is 0 Å². The first-order valence-electron chi connectivity index (χ1n) is 9.41. The van der Waals surface area contributed by atoms with E-state index in [-0.39, 0.29) is 0 Å². The zero-order valence-corrected chi connectivity index (χ0v) is 15.2. The van der Waals surface area contributed by atoms with Crippen molar-refractivity contribution in [2.75, 3.05) is 5.32 Å². The largest absolute Gasteiger partial charge is 0.364 e. The van der Waals surface area contributed by atoms with Gasteiger partial charge in [-0.1, -0.05) is 12.8 Å². The molecule has 0 atom stereocenters. The molecular weight excluding hydrogens is 330 g/mol. The molecule has 0 radical (unpaired) electrons. The molecule has 0 aromatic carbocycles. The van der Waals surface area contributed by atoms with Gasteiger partial charge in [0.1, 0.15) is 17.0 Å². The molecule has 1 saturated carbocycles. The maximum Gasteiger partial charge on any atom is 0.138 e. The maximum atomic E-state index is 4.78. The van der Waals surface area contributed by atoms with Crippen LogP contribution in [0, 0.1) is 0 Å². The van der Waals surface area contributed by atoms with Crippen LogP contribution in [0.2, 0.25) is 0 Å². The van der Waals surface area contributed by atoms with Crippen LogP contribution in [0.1, 0.15) is 60.7 Å². The average Bonchev–Trinajstić information content (AvgIpc) is 3.37. The lowest BCUT2D eigenvalue weighted by Gasteiger charge is -2.12. The van der Waals surface area contributed by atoms with Gasteiger partial charge in [-0.15, -0.1) is 11.3 Å². The monoisotopic (exact) mass is 353 g/mol. The fourth-order valence-corrected chi connectivity index (χ4v) is 5.47. The molecule has 5 rings (SSSR count). The number of aryl methyl sites for hydroxylation is 2. The van der Waals surface area contributed by atoms with Gasteiger partial charge in [-0.25, -0.2) is 9.97 Å². The quantitative estimate of drug-likeness (QED) is 0.750.